The van der Waals surface area contributed by atoms with Crippen molar-refractivity contribution in [3.8, 4) is 11.5 Å². The van der Waals surface area contributed by atoms with Crippen molar-refractivity contribution in [3.63, 3.8) is 0 Å². The average molecular weight is 292 g/mol. The molecule has 2 rings (SSSR count). The number of carbonyl (C=O) groups is 1. The fourth-order valence-corrected chi connectivity index (χ4v) is 2.60. The molecule has 3 N–H and O–H groups in total. The first-order chi connectivity index (χ1) is 9.49. The molecule has 0 saturated heterocycles. The van der Waals surface area contributed by atoms with Crippen molar-refractivity contribution in [2.24, 2.45) is 0 Å². The van der Waals surface area contributed by atoms with Crippen LogP contribution < -0.4 is 5.32 Å². The van der Waals surface area contributed by atoms with Gasteiger partial charge >= 0.3 is 0 Å². The number of thiazole rings is 1. The first kappa shape index (κ1) is 14.3. The maximum absolute atomic E-state index is 12.0. The number of hydrogen-bond acceptors (Lipinski definition) is 5. The molecule has 1 aromatic carbocycles. The SMILES string of the molecule is Cc1csc([C@@H](C)CNC(=O)c2cccc(O)c2O)n1. The maximum atomic E-state index is 12.0. The Morgan fingerprint density at radius 3 is 2.85 bits per heavy atom. The highest BCUT2D eigenvalue weighted by molar-refractivity contribution is 7.09. The van der Waals surface area contributed by atoms with E-state index >= 15 is 0 Å². The lowest BCUT2D eigenvalue weighted by Gasteiger charge is -2.11. The van der Waals surface area contributed by atoms with Crippen LogP contribution in [0, 0.1) is 6.92 Å². The number of benzene rings is 1. The first-order valence-corrected chi connectivity index (χ1v) is 7.08. The zero-order chi connectivity index (χ0) is 14.7. The Hall–Kier alpha value is -2.08. The molecule has 0 aliphatic rings. The zero-order valence-corrected chi connectivity index (χ0v) is 12.1. The number of carbonyl (C=O) groups excluding carboxylic acids is 1. The van der Waals surface area contributed by atoms with E-state index in [1.54, 1.807) is 11.3 Å². The molecule has 0 aliphatic carbocycles. The molecule has 106 valence electrons. The second-order valence-corrected chi connectivity index (χ2v) is 5.50. The molecule has 0 bridgehead atoms. The van der Waals surface area contributed by atoms with Gasteiger partial charge in [-0.3, -0.25) is 4.79 Å². The lowest BCUT2D eigenvalue weighted by molar-refractivity contribution is 0.0948. The Kier molecular flexibility index (Phi) is 4.24. The quantitative estimate of drug-likeness (QED) is 0.756. The summed E-state index contributed by atoms with van der Waals surface area (Å²) in [5.74, 6) is -1.03. The average Bonchev–Trinajstić information content (AvgIpc) is 2.85. The van der Waals surface area contributed by atoms with E-state index in [-0.39, 0.29) is 17.2 Å². The van der Waals surface area contributed by atoms with E-state index in [0.717, 1.165) is 10.7 Å². The molecule has 0 spiro atoms. The van der Waals surface area contributed by atoms with Gasteiger partial charge in [-0.1, -0.05) is 13.0 Å². The third-order valence-corrected chi connectivity index (χ3v) is 4.08. The van der Waals surface area contributed by atoms with Crippen molar-refractivity contribution in [1.82, 2.24) is 10.3 Å². The van der Waals surface area contributed by atoms with Crippen LogP contribution in [-0.2, 0) is 0 Å². The minimum absolute atomic E-state index is 0.0625. The number of amides is 1. The summed E-state index contributed by atoms with van der Waals surface area (Å²) in [7, 11) is 0. The van der Waals surface area contributed by atoms with Crippen molar-refractivity contribution in [2.75, 3.05) is 6.54 Å². The number of phenols is 2. The topological polar surface area (TPSA) is 82.5 Å². The van der Waals surface area contributed by atoms with Gasteiger partial charge in [-0.05, 0) is 19.1 Å². The molecule has 0 radical (unpaired) electrons. The van der Waals surface area contributed by atoms with Crippen molar-refractivity contribution < 1.29 is 15.0 Å². The minimum Gasteiger partial charge on any atom is -0.504 e. The smallest absolute Gasteiger partial charge is 0.255 e. The zero-order valence-electron chi connectivity index (χ0n) is 11.3. The summed E-state index contributed by atoms with van der Waals surface area (Å²) in [5, 5.41) is 24.7. The van der Waals surface area contributed by atoms with Gasteiger partial charge in [0.15, 0.2) is 11.5 Å². The van der Waals surface area contributed by atoms with E-state index in [4.69, 9.17) is 0 Å². The summed E-state index contributed by atoms with van der Waals surface area (Å²) in [6, 6.07) is 4.30. The molecule has 1 aromatic heterocycles. The summed E-state index contributed by atoms with van der Waals surface area (Å²) in [6.45, 7) is 4.32. The molecule has 1 amide bonds. The summed E-state index contributed by atoms with van der Waals surface area (Å²) in [5.41, 5.74) is 1.03. The van der Waals surface area contributed by atoms with Gasteiger partial charge in [0.05, 0.1) is 10.6 Å². The highest BCUT2D eigenvalue weighted by atomic mass is 32.1. The van der Waals surface area contributed by atoms with Gasteiger partial charge in [0.2, 0.25) is 0 Å². The lowest BCUT2D eigenvalue weighted by atomic mass is 10.1. The number of aromatic hydroxyl groups is 2. The number of nitrogens with zero attached hydrogens (tertiary/aromatic N) is 1. The van der Waals surface area contributed by atoms with Crippen LogP contribution >= 0.6 is 11.3 Å². The number of phenolic OH excluding ortho intramolecular Hbond substituents is 2. The van der Waals surface area contributed by atoms with E-state index < -0.39 is 11.7 Å². The monoisotopic (exact) mass is 292 g/mol. The van der Waals surface area contributed by atoms with Crippen LogP contribution in [0.4, 0.5) is 0 Å². The van der Waals surface area contributed by atoms with Crippen LogP contribution in [-0.4, -0.2) is 27.6 Å². The van der Waals surface area contributed by atoms with Crippen molar-refractivity contribution in [1.29, 1.82) is 0 Å². The summed E-state index contributed by atoms with van der Waals surface area (Å²) < 4.78 is 0. The highest BCUT2D eigenvalue weighted by Crippen LogP contribution is 2.28. The van der Waals surface area contributed by atoms with Crippen LogP contribution in [0.3, 0.4) is 0 Å². The van der Waals surface area contributed by atoms with E-state index in [2.05, 4.69) is 10.3 Å². The lowest BCUT2D eigenvalue weighted by Crippen LogP contribution is -2.27. The normalized spacial score (nSPS) is 12.1. The fourth-order valence-electron chi connectivity index (χ4n) is 1.74. The van der Waals surface area contributed by atoms with Gasteiger partial charge in [0, 0.05) is 23.5 Å². The Labute approximate surface area is 120 Å². The molecule has 0 fully saturated rings. The van der Waals surface area contributed by atoms with Crippen molar-refractivity contribution in [3.05, 3.63) is 39.8 Å². The molecular weight excluding hydrogens is 276 g/mol. The van der Waals surface area contributed by atoms with Crippen LogP contribution in [0.25, 0.3) is 0 Å². The predicted molar refractivity (Wildman–Crippen MR) is 77.4 cm³/mol. The molecule has 6 heteroatoms. The van der Waals surface area contributed by atoms with Crippen molar-refractivity contribution in [2.45, 2.75) is 19.8 Å². The Bertz CT molecular complexity index is 625. The van der Waals surface area contributed by atoms with Gasteiger partial charge in [-0.25, -0.2) is 4.98 Å². The molecule has 0 unspecified atom stereocenters. The molecular formula is C14H16N2O3S. The number of hydrogen-bond donors (Lipinski definition) is 3. The summed E-state index contributed by atoms with van der Waals surface area (Å²) in [4.78, 5) is 16.3. The van der Waals surface area contributed by atoms with Crippen LogP contribution in [0.5, 0.6) is 11.5 Å². The Morgan fingerprint density at radius 2 is 2.20 bits per heavy atom. The van der Waals surface area contributed by atoms with E-state index in [1.165, 1.54) is 18.2 Å². The number of para-hydroxylation sites is 1. The molecule has 0 aliphatic heterocycles. The molecule has 1 heterocycles. The molecule has 5 nitrogen and oxygen atoms in total. The summed E-state index contributed by atoms with van der Waals surface area (Å²) in [6.07, 6.45) is 0. The second-order valence-electron chi connectivity index (χ2n) is 4.61. The van der Waals surface area contributed by atoms with Gasteiger partial charge in [-0.15, -0.1) is 11.3 Å². The molecule has 2 aromatic rings. The standard InChI is InChI=1S/C14H16N2O3S/c1-8(14-16-9(2)7-20-14)6-15-13(19)10-4-3-5-11(17)12(10)18/h3-5,7-8,17-18H,6H2,1-2H3,(H,15,19)/t8-/m0/s1. The van der Waals surface area contributed by atoms with Crippen LogP contribution in [0.1, 0.15) is 33.9 Å². The number of aryl methyl sites for hydroxylation is 1. The Balaban J connectivity index is 2.00. The third kappa shape index (κ3) is 3.08. The third-order valence-electron chi connectivity index (χ3n) is 2.89. The highest BCUT2D eigenvalue weighted by Gasteiger charge is 2.16. The van der Waals surface area contributed by atoms with E-state index in [9.17, 15) is 15.0 Å². The largest absolute Gasteiger partial charge is 0.504 e. The number of nitrogens with one attached hydrogen (secondary N) is 1. The first-order valence-electron chi connectivity index (χ1n) is 6.20. The van der Waals surface area contributed by atoms with Crippen molar-refractivity contribution >= 4 is 17.2 Å². The molecule has 1 atom stereocenters. The maximum Gasteiger partial charge on any atom is 0.255 e. The van der Waals surface area contributed by atoms with Crippen LogP contribution in [0.15, 0.2) is 23.6 Å². The van der Waals surface area contributed by atoms with Gasteiger partial charge in [0.25, 0.3) is 5.91 Å². The Morgan fingerprint density at radius 1 is 1.45 bits per heavy atom. The molecule has 0 saturated carbocycles. The number of rotatable bonds is 4. The van der Waals surface area contributed by atoms with Gasteiger partial charge in [-0.2, -0.15) is 0 Å². The fraction of sp³-hybridized carbons (Fsp3) is 0.286. The predicted octanol–water partition coefficient (Wildman–Crippen LogP) is 2.40. The minimum atomic E-state index is -0.418. The van der Waals surface area contributed by atoms with Crippen LogP contribution in [0.2, 0.25) is 0 Å². The second kappa shape index (κ2) is 5.92. The van der Waals surface area contributed by atoms with Gasteiger partial charge in [0.1, 0.15) is 0 Å². The summed E-state index contributed by atoms with van der Waals surface area (Å²) >= 11 is 1.56. The molecule has 20 heavy (non-hydrogen) atoms. The van der Waals surface area contributed by atoms with E-state index in [1.807, 2.05) is 19.2 Å². The number of aromatic nitrogens is 1. The van der Waals surface area contributed by atoms with Gasteiger partial charge < -0.3 is 15.5 Å². The van der Waals surface area contributed by atoms with E-state index in [0.29, 0.717) is 6.54 Å².